The van der Waals surface area contributed by atoms with Crippen molar-refractivity contribution in [3.8, 4) is 0 Å². The van der Waals surface area contributed by atoms with Crippen LogP contribution in [0.1, 0.15) is 24.2 Å². The predicted octanol–water partition coefficient (Wildman–Crippen LogP) is 1.05. The van der Waals surface area contributed by atoms with E-state index < -0.39 is 5.97 Å². The number of anilines is 1. The Morgan fingerprint density at radius 2 is 1.65 bits per heavy atom. The maximum atomic E-state index is 10.8. The molecule has 20 heavy (non-hydrogen) atoms. The van der Waals surface area contributed by atoms with Gasteiger partial charge in [-0.15, -0.1) is 0 Å². The molecule has 0 atom stereocenters. The number of nitrogens with zero attached hydrogens (tertiary/aromatic N) is 3. The molecule has 0 fully saturated rings. The Hall–Kier alpha value is -1.73. The minimum absolute atomic E-state index is 0.0725. The lowest BCUT2D eigenvalue weighted by molar-refractivity contribution is 0.0696. The first-order chi connectivity index (χ1) is 9.69. The van der Waals surface area contributed by atoms with Crippen LogP contribution in [-0.2, 0) is 9.47 Å². The molecule has 1 N–H and O–H groups in total. The summed E-state index contributed by atoms with van der Waals surface area (Å²) in [6.45, 7) is 7.56. The third-order valence-corrected chi connectivity index (χ3v) is 2.59. The molecular weight excluding hydrogens is 262 g/mol. The molecule has 7 nitrogen and oxygen atoms in total. The van der Waals surface area contributed by atoms with Gasteiger partial charge < -0.3 is 19.5 Å². The first-order valence-corrected chi connectivity index (χ1v) is 6.64. The number of hydrogen-bond donors (Lipinski definition) is 1. The number of carboxylic acid groups (broad SMARTS) is 1. The summed E-state index contributed by atoms with van der Waals surface area (Å²) in [5.74, 6) is -0.555. The fourth-order valence-corrected chi connectivity index (χ4v) is 1.54. The molecule has 1 rings (SSSR count). The third-order valence-electron chi connectivity index (χ3n) is 2.59. The van der Waals surface area contributed by atoms with E-state index in [1.807, 2.05) is 18.7 Å². The van der Waals surface area contributed by atoms with Crippen molar-refractivity contribution in [1.29, 1.82) is 0 Å². The summed E-state index contributed by atoms with van der Waals surface area (Å²) in [6.07, 6.45) is 2.61. The Kier molecular flexibility index (Phi) is 7.52. The molecule has 1 heterocycles. The van der Waals surface area contributed by atoms with Gasteiger partial charge in [-0.25, -0.2) is 14.8 Å². The number of carbonyl (C=O) groups is 1. The second-order valence-corrected chi connectivity index (χ2v) is 3.96. The smallest absolute Gasteiger partial charge is 0.338 e. The number of rotatable bonds is 10. The molecule has 0 aliphatic heterocycles. The maximum Gasteiger partial charge on any atom is 0.338 e. The first-order valence-electron chi connectivity index (χ1n) is 6.64. The number of hydrogen-bond acceptors (Lipinski definition) is 6. The van der Waals surface area contributed by atoms with Gasteiger partial charge in [-0.2, -0.15) is 0 Å². The quantitative estimate of drug-likeness (QED) is 0.642. The van der Waals surface area contributed by atoms with Crippen LogP contribution in [0.25, 0.3) is 0 Å². The zero-order valence-electron chi connectivity index (χ0n) is 11.9. The summed E-state index contributed by atoms with van der Waals surface area (Å²) in [7, 11) is 0. The van der Waals surface area contributed by atoms with E-state index in [0.29, 0.717) is 45.5 Å². The summed E-state index contributed by atoms with van der Waals surface area (Å²) in [6, 6.07) is 0. The van der Waals surface area contributed by atoms with Gasteiger partial charge >= 0.3 is 5.97 Å². The molecule has 0 radical (unpaired) electrons. The summed E-state index contributed by atoms with van der Waals surface area (Å²) in [5, 5.41) is 8.83. The van der Waals surface area contributed by atoms with Crippen LogP contribution in [0.15, 0.2) is 12.4 Å². The Morgan fingerprint density at radius 1 is 1.15 bits per heavy atom. The highest BCUT2D eigenvalue weighted by Gasteiger charge is 2.11. The van der Waals surface area contributed by atoms with Gasteiger partial charge in [0.15, 0.2) is 0 Å². The van der Waals surface area contributed by atoms with E-state index in [4.69, 9.17) is 14.6 Å². The van der Waals surface area contributed by atoms with Gasteiger partial charge in [0.1, 0.15) is 0 Å². The van der Waals surface area contributed by atoms with Gasteiger partial charge in [0.2, 0.25) is 5.95 Å². The van der Waals surface area contributed by atoms with Gasteiger partial charge in [0.05, 0.1) is 18.8 Å². The molecule has 1 aromatic heterocycles. The molecule has 0 saturated carbocycles. The second kappa shape index (κ2) is 9.22. The van der Waals surface area contributed by atoms with Crippen molar-refractivity contribution in [3.05, 3.63) is 18.0 Å². The van der Waals surface area contributed by atoms with Gasteiger partial charge in [0, 0.05) is 38.7 Å². The van der Waals surface area contributed by atoms with Crippen molar-refractivity contribution in [2.24, 2.45) is 0 Å². The van der Waals surface area contributed by atoms with E-state index in [9.17, 15) is 4.79 Å². The van der Waals surface area contributed by atoms with Crippen molar-refractivity contribution in [1.82, 2.24) is 9.97 Å². The Labute approximate surface area is 118 Å². The highest BCUT2D eigenvalue weighted by atomic mass is 16.5. The highest BCUT2D eigenvalue weighted by molar-refractivity contribution is 5.86. The monoisotopic (exact) mass is 283 g/mol. The Bertz CT molecular complexity index is 387. The van der Waals surface area contributed by atoms with E-state index >= 15 is 0 Å². The predicted molar refractivity (Wildman–Crippen MR) is 74.2 cm³/mol. The molecular formula is C13H21N3O4. The molecule has 0 spiro atoms. The average Bonchev–Trinajstić information content (AvgIpc) is 2.46. The van der Waals surface area contributed by atoms with Crippen LogP contribution in [0.5, 0.6) is 0 Å². The van der Waals surface area contributed by atoms with E-state index in [0.717, 1.165) is 0 Å². The number of aromatic nitrogens is 2. The molecule has 0 aliphatic carbocycles. The zero-order chi connectivity index (χ0) is 14.8. The van der Waals surface area contributed by atoms with Crippen LogP contribution in [0.3, 0.4) is 0 Å². The fraction of sp³-hybridized carbons (Fsp3) is 0.615. The van der Waals surface area contributed by atoms with Gasteiger partial charge in [-0.1, -0.05) is 0 Å². The largest absolute Gasteiger partial charge is 0.478 e. The lowest BCUT2D eigenvalue weighted by Crippen LogP contribution is -2.32. The molecule has 0 saturated heterocycles. The molecule has 1 aromatic rings. The minimum Gasteiger partial charge on any atom is -0.478 e. The highest BCUT2D eigenvalue weighted by Crippen LogP contribution is 2.07. The summed E-state index contributed by atoms with van der Waals surface area (Å²) in [4.78, 5) is 20.8. The van der Waals surface area contributed by atoms with Crippen LogP contribution < -0.4 is 4.90 Å². The zero-order valence-corrected chi connectivity index (χ0v) is 11.9. The van der Waals surface area contributed by atoms with E-state index in [2.05, 4.69) is 9.97 Å². The van der Waals surface area contributed by atoms with Crippen LogP contribution in [0.2, 0.25) is 0 Å². The van der Waals surface area contributed by atoms with E-state index in [-0.39, 0.29) is 5.56 Å². The Morgan fingerprint density at radius 3 is 2.05 bits per heavy atom. The third kappa shape index (κ3) is 5.50. The Balaban J connectivity index is 2.66. The minimum atomic E-state index is -1.04. The molecule has 0 aliphatic rings. The van der Waals surface area contributed by atoms with Crippen LogP contribution in [0, 0.1) is 0 Å². The van der Waals surface area contributed by atoms with Crippen LogP contribution in [0.4, 0.5) is 5.95 Å². The number of carboxylic acids is 1. The van der Waals surface area contributed by atoms with Crippen molar-refractivity contribution < 1.29 is 19.4 Å². The molecule has 7 heteroatoms. The standard InChI is InChI=1S/C13H21N3O4/c1-3-19-7-5-16(6-8-20-4-2)13-14-9-11(10-15-13)12(17)18/h9-10H,3-8H2,1-2H3,(H,17,18). The fourth-order valence-electron chi connectivity index (χ4n) is 1.54. The SMILES string of the molecule is CCOCCN(CCOCC)c1ncc(C(=O)O)cn1. The van der Waals surface area contributed by atoms with Gasteiger partial charge in [0.25, 0.3) is 0 Å². The van der Waals surface area contributed by atoms with Crippen molar-refractivity contribution >= 4 is 11.9 Å². The van der Waals surface area contributed by atoms with Crippen LogP contribution >= 0.6 is 0 Å². The van der Waals surface area contributed by atoms with E-state index in [1.165, 1.54) is 12.4 Å². The summed E-state index contributed by atoms with van der Waals surface area (Å²) < 4.78 is 10.6. The lowest BCUT2D eigenvalue weighted by atomic mass is 10.3. The summed E-state index contributed by atoms with van der Waals surface area (Å²) >= 11 is 0. The maximum absolute atomic E-state index is 10.8. The van der Waals surface area contributed by atoms with Crippen LogP contribution in [-0.4, -0.2) is 60.6 Å². The lowest BCUT2D eigenvalue weighted by Gasteiger charge is -2.22. The number of ether oxygens (including phenoxy) is 2. The molecule has 0 bridgehead atoms. The number of aromatic carboxylic acids is 1. The van der Waals surface area contributed by atoms with Crippen molar-refractivity contribution in [2.75, 3.05) is 44.4 Å². The molecule has 0 unspecified atom stereocenters. The van der Waals surface area contributed by atoms with Gasteiger partial charge in [-0.05, 0) is 13.8 Å². The average molecular weight is 283 g/mol. The van der Waals surface area contributed by atoms with Crippen molar-refractivity contribution in [2.45, 2.75) is 13.8 Å². The van der Waals surface area contributed by atoms with E-state index in [1.54, 1.807) is 0 Å². The topological polar surface area (TPSA) is 84.8 Å². The second-order valence-electron chi connectivity index (χ2n) is 3.96. The molecule has 0 amide bonds. The van der Waals surface area contributed by atoms with Gasteiger partial charge in [-0.3, -0.25) is 0 Å². The summed E-state index contributed by atoms with van der Waals surface area (Å²) in [5.41, 5.74) is 0.0725. The molecule has 112 valence electrons. The van der Waals surface area contributed by atoms with Crippen molar-refractivity contribution in [3.63, 3.8) is 0 Å². The normalized spacial score (nSPS) is 10.5. The first kappa shape index (κ1) is 16.3. The molecule has 0 aromatic carbocycles.